The number of nitrogens with one attached hydrogen (secondary N) is 1. The zero-order chi connectivity index (χ0) is 19.7. The number of alkyl carbamates (subject to hydrolysis) is 1. The van der Waals surface area contributed by atoms with Gasteiger partial charge >= 0.3 is 6.09 Å². The molecule has 0 unspecified atom stereocenters. The first kappa shape index (κ1) is 18.2. The Morgan fingerprint density at radius 2 is 2.07 bits per heavy atom. The van der Waals surface area contributed by atoms with Gasteiger partial charge in [-0.25, -0.2) is 4.79 Å². The molecule has 2 heterocycles. The van der Waals surface area contributed by atoms with E-state index in [0.29, 0.717) is 17.4 Å². The summed E-state index contributed by atoms with van der Waals surface area (Å²) in [6.07, 6.45) is 6.45. The Morgan fingerprint density at radius 1 is 1.25 bits per heavy atom. The lowest BCUT2D eigenvalue weighted by molar-refractivity contribution is 0.0415. The maximum absolute atomic E-state index is 11.7. The Bertz CT molecular complexity index is 945. The lowest BCUT2D eigenvalue weighted by Crippen LogP contribution is -2.46. The number of ether oxygens (including phenoxy) is 1. The van der Waals surface area contributed by atoms with E-state index in [9.17, 15) is 10.1 Å². The second-order valence-corrected chi connectivity index (χ2v) is 7.76. The van der Waals surface area contributed by atoms with Crippen LogP contribution in [0.2, 0.25) is 0 Å². The van der Waals surface area contributed by atoms with Crippen LogP contribution in [0.25, 0.3) is 17.2 Å². The summed E-state index contributed by atoms with van der Waals surface area (Å²) >= 11 is 0. The molecule has 5 nitrogen and oxygen atoms in total. The number of fused-ring (bicyclic) bond motifs is 1. The molecule has 1 N–H and O–H groups in total. The third-order valence-corrected chi connectivity index (χ3v) is 6.09. The van der Waals surface area contributed by atoms with Crippen molar-refractivity contribution in [1.29, 1.82) is 5.26 Å². The highest BCUT2D eigenvalue weighted by Gasteiger charge is 2.46. The topological polar surface area (TPSA) is 75.0 Å². The molecule has 1 aromatic carbocycles. The van der Waals surface area contributed by atoms with E-state index in [1.807, 2.05) is 42.5 Å². The van der Waals surface area contributed by atoms with E-state index in [1.165, 1.54) is 0 Å². The van der Waals surface area contributed by atoms with Crippen LogP contribution in [0.5, 0.6) is 0 Å². The number of aromatic nitrogens is 1. The predicted molar refractivity (Wildman–Crippen MR) is 107 cm³/mol. The number of carbonyl (C=O) groups is 1. The Balaban J connectivity index is 1.54. The molecule has 1 aromatic heterocycles. The van der Waals surface area contributed by atoms with Crippen LogP contribution in [-0.4, -0.2) is 23.2 Å². The summed E-state index contributed by atoms with van der Waals surface area (Å²) in [7, 11) is 0. The minimum absolute atomic E-state index is 0.0890. The van der Waals surface area contributed by atoms with Crippen LogP contribution in [0.1, 0.15) is 31.5 Å². The fourth-order valence-corrected chi connectivity index (χ4v) is 4.30. The highest BCUT2D eigenvalue weighted by molar-refractivity contribution is 5.71. The maximum atomic E-state index is 11.7. The largest absolute Gasteiger partial charge is 0.443 e. The van der Waals surface area contributed by atoms with Crippen molar-refractivity contribution in [2.75, 3.05) is 0 Å². The van der Waals surface area contributed by atoms with Crippen LogP contribution in [0.3, 0.4) is 0 Å². The number of rotatable bonds is 3. The van der Waals surface area contributed by atoms with Gasteiger partial charge in [-0.2, -0.15) is 5.26 Å². The highest BCUT2D eigenvalue weighted by atomic mass is 16.6. The number of nitrogens with zero attached hydrogens (tertiary/aromatic N) is 2. The van der Waals surface area contributed by atoms with Gasteiger partial charge in [-0.15, -0.1) is 0 Å². The number of nitriles is 1. The minimum atomic E-state index is -0.312. The molecule has 4 rings (SSSR count). The molecule has 1 aliphatic heterocycles. The predicted octanol–water partition coefficient (Wildman–Crippen LogP) is 4.40. The van der Waals surface area contributed by atoms with E-state index in [2.05, 4.69) is 36.3 Å². The Kier molecular flexibility index (Phi) is 4.87. The molecule has 0 spiro atoms. The van der Waals surface area contributed by atoms with Gasteiger partial charge in [0.15, 0.2) is 0 Å². The number of hydrogen-bond donors (Lipinski definition) is 1. The molecular weight excluding hydrogens is 350 g/mol. The van der Waals surface area contributed by atoms with Gasteiger partial charge in [-0.05, 0) is 36.5 Å². The minimum Gasteiger partial charge on any atom is -0.443 e. The number of benzene rings is 1. The van der Waals surface area contributed by atoms with Crippen LogP contribution in [-0.2, 0) is 4.74 Å². The average molecular weight is 373 g/mol. The van der Waals surface area contributed by atoms with Crippen molar-refractivity contribution in [2.45, 2.75) is 32.4 Å². The van der Waals surface area contributed by atoms with E-state index in [-0.39, 0.29) is 24.2 Å². The molecule has 2 aliphatic rings. The van der Waals surface area contributed by atoms with Gasteiger partial charge in [-0.3, -0.25) is 4.98 Å². The van der Waals surface area contributed by atoms with Crippen molar-refractivity contribution in [3.8, 4) is 17.2 Å². The molecule has 5 heteroatoms. The third kappa shape index (κ3) is 3.38. The smallest absolute Gasteiger partial charge is 0.407 e. The van der Waals surface area contributed by atoms with Gasteiger partial charge in [0.1, 0.15) is 6.10 Å². The lowest BCUT2D eigenvalue weighted by atomic mass is 9.70. The fraction of sp³-hybridized carbons (Fsp3) is 0.348. The van der Waals surface area contributed by atoms with Gasteiger partial charge in [0.05, 0.1) is 23.4 Å². The summed E-state index contributed by atoms with van der Waals surface area (Å²) in [4.78, 5) is 16.2. The molecule has 1 amide bonds. The van der Waals surface area contributed by atoms with Crippen LogP contribution >= 0.6 is 0 Å². The Morgan fingerprint density at radius 3 is 2.82 bits per heavy atom. The van der Waals surface area contributed by atoms with Crippen molar-refractivity contribution in [1.82, 2.24) is 10.3 Å². The quantitative estimate of drug-likeness (QED) is 0.865. The monoisotopic (exact) mass is 373 g/mol. The van der Waals surface area contributed by atoms with Gasteiger partial charge in [0, 0.05) is 23.2 Å². The van der Waals surface area contributed by atoms with Crippen LogP contribution in [0.4, 0.5) is 4.79 Å². The van der Waals surface area contributed by atoms with Gasteiger partial charge in [0.25, 0.3) is 0 Å². The number of carbonyl (C=O) groups excluding carboxylic acids is 1. The first-order chi connectivity index (χ1) is 13.6. The molecule has 1 saturated heterocycles. The fourth-order valence-electron chi connectivity index (χ4n) is 4.30. The van der Waals surface area contributed by atoms with Gasteiger partial charge < -0.3 is 10.1 Å². The van der Waals surface area contributed by atoms with E-state index in [1.54, 1.807) is 6.20 Å². The molecule has 0 radical (unpaired) electrons. The molecule has 2 aromatic rings. The average Bonchev–Trinajstić information content (AvgIpc) is 3.08. The number of pyridine rings is 1. The summed E-state index contributed by atoms with van der Waals surface area (Å²) in [5, 5.41) is 12.2. The first-order valence-corrected chi connectivity index (χ1v) is 9.67. The molecule has 142 valence electrons. The van der Waals surface area contributed by atoms with E-state index in [4.69, 9.17) is 4.74 Å². The molecular formula is C23H23N3O2. The molecule has 5 atom stereocenters. The third-order valence-electron chi connectivity index (χ3n) is 6.09. The normalized spacial score (nSPS) is 29.0. The lowest BCUT2D eigenvalue weighted by Gasteiger charge is -2.38. The van der Waals surface area contributed by atoms with E-state index < -0.39 is 0 Å². The maximum Gasteiger partial charge on any atom is 0.407 e. The van der Waals surface area contributed by atoms with Crippen molar-refractivity contribution in [3.63, 3.8) is 0 Å². The number of amides is 1. The second-order valence-electron chi connectivity index (χ2n) is 7.76. The van der Waals surface area contributed by atoms with Crippen molar-refractivity contribution >= 4 is 12.2 Å². The van der Waals surface area contributed by atoms with Crippen LogP contribution in [0.15, 0.2) is 48.7 Å². The first-order valence-electron chi connectivity index (χ1n) is 9.67. The van der Waals surface area contributed by atoms with E-state index >= 15 is 0 Å². The molecule has 28 heavy (non-hydrogen) atoms. The standard InChI is InChI=1S/C23H23N3O2/c1-14-11-21-22(28-23(27)26-21)19(15(14)2)10-9-18-8-7-17(13-25-18)20-6-4-3-5-16(20)12-24/h3-10,13-15,19,21-22H,11H2,1-2H3,(H,26,27)/b10-9+/t14-,15+,19-,21-,22+/m0/s1. The zero-order valence-corrected chi connectivity index (χ0v) is 16.0. The van der Waals surface area contributed by atoms with E-state index in [0.717, 1.165) is 23.2 Å². The highest BCUT2D eigenvalue weighted by Crippen LogP contribution is 2.39. The summed E-state index contributed by atoms with van der Waals surface area (Å²) in [5.74, 6) is 1.09. The number of hydrogen-bond acceptors (Lipinski definition) is 4. The molecule has 2 fully saturated rings. The second kappa shape index (κ2) is 7.47. The summed E-state index contributed by atoms with van der Waals surface area (Å²) < 4.78 is 5.54. The summed E-state index contributed by atoms with van der Waals surface area (Å²) in [6, 6.07) is 13.8. The Labute approximate surface area is 165 Å². The van der Waals surface area contributed by atoms with Crippen molar-refractivity contribution in [3.05, 3.63) is 59.9 Å². The molecule has 1 aliphatic carbocycles. The Hall–Kier alpha value is -3.13. The molecule has 0 bridgehead atoms. The van der Waals surface area contributed by atoms with Crippen LogP contribution in [0, 0.1) is 29.1 Å². The van der Waals surface area contributed by atoms with Gasteiger partial charge in [-0.1, -0.05) is 44.2 Å². The van der Waals surface area contributed by atoms with Crippen molar-refractivity contribution in [2.24, 2.45) is 17.8 Å². The zero-order valence-electron chi connectivity index (χ0n) is 16.0. The van der Waals surface area contributed by atoms with Crippen LogP contribution < -0.4 is 5.32 Å². The SMILES string of the molecule is C[C@H]1[C@H](/C=C/c2ccc(-c3ccccc3C#N)cn2)[C@H]2OC(=O)N[C@H]2C[C@@H]1C. The summed E-state index contributed by atoms with van der Waals surface area (Å²) in [5.41, 5.74) is 3.29. The molecule has 1 saturated carbocycles. The summed E-state index contributed by atoms with van der Waals surface area (Å²) in [6.45, 7) is 4.45. The van der Waals surface area contributed by atoms with Gasteiger partial charge in [0.2, 0.25) is 0 Å². The van der Waals surface area contributed by atoms with Crippen molar-refractivity contribution < 1.29 is 9.53 Å².